The van der Waals surface area contributed by atoms with Gasteiger partial charge in [-0.25, -0.2) is 0 Å². The molecule has 98 valence electrons. The summed E-state index contributed by atoms with van der Waals surface area (Å²) in [6.45, 7) is 0. The summed E-state index contributed by atoms with van der Waals surface area (Å²) >= 11 is 0. The first kappa shape index (κ1) is 10.3. The lowest BCUT2D eigenvalue weighted by molar-refractivity contribution is -0.146. The molecule has 18 heavy (non-hydrogen) atoms. The maximum absolute atomic E-state index is 12.2. The minimum Gasteiger partial charge on any atom is -0.369 e. The van der Waals surface area contributed by atoms with Crippen molar-refractivity contribution in [1.82, 2.24) is 0 Å². The van der Waals surface area contributed by atoms with Gasteiger partial charge in [0.15, 0.2) is 0 Å². The number of amides is 1. The molecule has 2 N–H and O–H groups in total. The summed E-state index contributed by atoms with van der Waals surface area (Å²) in [6.07, 6.45) is 10.9. The highest BCUT2D eigenvalue weighted by atomic mass is 16.1. The van der Waals surface area contributed by atoms with Crippen LogP contribution in [0, 0.1) is 40.4 Å². The number of fused-ring (bicyclic) bond motifs is 4. The van der Waals surface area contributed by atoms with E-state index in [4.69, 9.17) is 5.73 Å². The van der Waals surface area contributed by atoms with E-state index >= 15 is 0 Å². The molecule has 1 spiro atoms. The largest absolute Gasteiger partial charge is 0.369 e. The lowest BCUT2D eigenvalue weighted by Crippen LogP contribution is -2.55. The average molecular weight is 245 g/mol. The second-order valence-corrected chi connectivity index (χ2v) is 8.25. The van der Waals surface area contributed by atoms with Gasteiger partial charge in [-0.1, -0.05) is 0 Å². The van der Waals surface area contributed by atoms with E-state index in [9.17, 15) is 4.79 Å². The molecule has 0 aromatic carbocycles. The highest BCUT2D eigenvalue weighted by Crippen LogP contribution is 2.77. The van der Waals surface area contributed by atoms with Crippen LogP contribution in [0.4, 0.5) is 0 Å². The summed E-state index contributed by atoms with van der Waals surface area (Å²) in [4.78, 5) is 12.2. The number of primary amides is 1. The Morgan fingerprint density at radius 1 is 1.00 bits per heavy atom. The summed E-state index contributed by atoms with van der Waals surface area (Å²) in [5.41, 5.74) is 6.51. The van der Waals surface area contributed by atoms with E-state index in [1.165, 1.54) is 38.5 Å². The second kappa shape index (κ2) is 2.81. The van der Waals surface area contributed by atoms with Crippen LogP contribution in [0.25, 0.3) is 0 Å². The van der Waals surface area contributed by atoms with Crippen LogP contribution < -0.4 is 5.73 Å². The van der Waals surface area contributed by atoms with Gasteiger partial charge < -0.3 is 5.73 Å². The lowest BCUT2D eigenvalue weighted by Gasteiger charge is -2.56. The normalized spacial score (nSPS) is 63.2. The lowest BCUT2D eigenvalue weighted by atomic mass is 9.48. The van der Waals surface area contributed by atoms with Crippen molar-refractivity contribution < 1.29 is 4.79 Å². The highest BCUT2D eigenvalue weighted by molar-refractivity contribution is 5.82. The molecular formula is C16H23NO. The van der Waals surface area contributed by atoms with Crippen LogP contribution in [-0.4, -0.2) is 5.91 Å². The zero-order chi connectivity index (χ0) is 12.1. The van der Waals surface area contributed by atoms with Gasteiger partial charge in [-0.2, -0.15) is 0 Å². The minimum absolute atomic E-state index is 0.0604. The molecule has 5 bridgehead atoms. The minimum atomic E-state index is -0.0721. The summed E-state index contributed by atoms with van der Waals surface area (Å²) in [6, 6.07) is 0. The van der Waals surface area contributed by atoms with Crippen molar-refractivity contribution in [3.8, 4) is 0 Å². The van der Waals surface area contributed by atoms with E-state index in [2.05, 4.69) is 0 Å². The van der Waals surface area contributed by atoms with Crippen LogP contribution in [0.5, 0.6) is 0 Å². The molecule has 2 nitrogen and oxygen atoms in total. The Hall–Kier alpha value is -0.530. The molecule has 5 fully saturated rings. The van der Waals surface area contributed by atoms with E-state index in [-0.39, 0.29) is 11.3 Å². The zero-order valence-corrected chi connectivity index (χ0v) is 11.0. The number of hydrogen-bond acceptors (Lipinski definition) is 1. The zero-order valence-electron chi connectivity index (χ0n) is 11.0. The fourth-order valence-electron chi connectivity index (χ4n) is 7.63. The van der Waals surface area contributed by atoms with Crippen LogP contribution in [0.3, 0.4) is 0 Å². The highest BCUT2D eigenvalue weighted by Gasteiger charge is 2.71. The van der Waals surface area contributed by atoms with Gasteiger partial charge in [-0.3, -0.25) is 4.79 Å². The predicted octanol–water partition coefficient (Wildman–Crippen LogP) is 2.71. The van der Waals surface area contributed by atoms with Crippen molar-refractivity contribution in [2.24, 2.45) is 46.2 Å². The van der Waals surface area contributed by atoms with Gasteiger partial charge in [0.05, 0.1) is 5.41 Å². The molecule has 5 rings (SSSR count). The first-order chi connectivity index (χ1) is 8.64. The Labute approximate surface area is 109 Å². The van der Waals surface area contributed by atoms with Crippen molar-refractivity contribution in [3.63, 3.8) is 0 Å². The molecule has 0 saturated heterocycles. The molecule has 7 atom stereocenters. The maximum atomic E-state index is 12.2. The van der Waals surface area contributed by atoms with E-state index < -0.39 is 0 Å². The van der Waals surface area contributed by atoms with Gasteiger partial charge in [0, 0.05) is 0 Å². The molecule has 5 aliphatic carbocycles. The van der Waals surface area contributed by atoms with Crippen LogP contribution in [0.15, 0.2) is 0 Å². The molecule has 2 heteroatoms. The summed E-state index contributed by atoms with van der Waals surface area (Å²) in [5, 5.41) is 0. The number of hydrogen-bond donors (Lipinski definition) is 1. The third-order valence-electron chi connectivity index (χ3n) is 7.98. The Balaban J connectivity index is 1.73. The first-order valence-electron chi connectivity index (χ1n) is 7.94. The molecule has 0 aromatic heterocycles. The smallest absolute Gasteiger partial charge is 0.223 e. The molecule has 5 saturated carbocycles. The summed E-state index contributed by atoms with van der Waals surface area (Å²) in [7, 11) is 0. The SMILES string of the molecule is NC(=O)C12CC3CC(C1)C1(CCC4CC2C1C4)C3. The molecule has 1 amide bonds. The van der Waals surface area contributed by atoms with Crippen molar-refractivity contribution in [2.75, 3.05) is 0 Å². The average Bonchev–Trinajstić information content (AvgIpc) is 2.81. The third-order valence-corrected chi connectivity index (χ3v) is 7.98. The fraction of sp³-hybridized carbons (Fsp3) is 0.938. The van der Waals surface area contributed by atoms with E-state index in [0.717, 1.165) is 36.5 Å². The molecular weight excluding hydrogens is 222 g/mol. The van der Waals surface area contributed by atoms with Gasteiger partial charge in [0.1, 0.15) is 0 Å². The molecule has 0 aromatic rings. The predicted molar refractivity (Wildman–Crippen MR) is 68.4 cm³/mol. The van der Waals surface area contributed by atoms with Gasteiger partial charge in [0.25, 0.3) is 0 Å². The topological polar surface area (TPSA) is 43.1 Å². The summed E-state index contributed by atoms with van der Waals surface area (Å²) in [5.74, 6) is 4.21. The van der Waals surface area contributed by atoms with E-state index in [0.29, 0.717) is 11.3 Å². The van der Waals surface area contributed by atoms with Crippen LogP contribution in [0.2, 0.25) is 0 Å². The number of rotatable bonds is 1. The monoisotopic (exact) mass is 245 g/mol. The maximum Gasteiger partial charge on any atom is 0.223 e. The van der Waals surface area contributed by atoms with Gasteiger partial charge in [0.2, 0.25) is 5.91 Å². The molecule has 0 radical (unpaired) electrons. The van der Waals surface area contributed by atoms with E-state index in [1.807, 2.05) is 0 Å². The van der Waals surface area contributed by atoms with E-state index in [1.54, 1.807) is 0 Å². The summed E-state index contributed by atoms with van der Waals surface area (Å²) < 4.78 is 0. The Morgan fingerprint density at radius 2 is 1.83 bits per heavy atom. The quantitative estimate of drug-likeness (QED) is 0.758. The third kappa shape index (κ3) is 0.886. The Morgan fingerprint density at radius 3 is 2.67 bits per heavy atom. The second-order valence-electron chi connectivity index (χ2n) is 8.25. The molecule has 0 aliphatic heterocycles. The fourth-order valence-corrected chi connectivity index (χ4v) is 7.63. The van der Waals surface area contributed by atoms with Gasteiger partial charge in [-0.05, 0) is 86.4 Å². The standard InChI is InChI=1S/C16H23NO/c17-14(18)16-7-10-3-11(8-16)15(6-10)2-1-9-4-12(15)13(16)5-9/h9-13H,1-8H2,(H2,17,18). The van der Waals surface area contributed by atoms with Crippen LogP contribution >= 0.6 is 0 Å². The Bertz CT molecular complexity index is 446. The van der Waals surface area contributed by atoms with Crippen LogP contribution in [-0.2, 0) is 4.79 Å². The van der Waals surface area contributed by atoms with Crippen molar-refractivity contribution >= 4 is 5.91 Å². The van der Waals surface area contributed by atoms with Crippen molar-refractivity contribution in [3.05, 3.63) is 0 Å². The van der Waals surface area contributed by atoms with Gasteiger partial charge >= 0.3 is 0 Å². The molecule has 5 aliphatic rings. The van der Waals surface area contributed by atoms with Crippen LogP contribution in [0.1, 0.15) is 51.4 Å². The molecule has 7 unspecified atom stereocenters. The number of carbonyl (C=O) groups excluding carboxylic acids is 1. The van der Waals surface area contributed by atoms with Crippen molar-refractivity contribution in [2.45, 2.75) is 51.4 Å². The Kier molecular flexibility index (Phi) is 1.60. The number of carbonyl (C=O) groups is 1. The number of nitrogens with two attached hydrogens (primary N) is 1. The first-order valence-corrected chi connectivity index (χ1v) is 7.94. The van der Waals surface area contributed by atoms with Crippen molar-refractivity contribution in [1.29, 1.82) is 0 Å². The molecule has 0 heterocycles. The van der Waals surface area contributed by atoms with Gasteiger partial charge in [-0.15, -0.1) is 0 Å².